The second-order valence-corrected chi connectivity index (χ2v) is 10.8. The zero-order chi connectivity index (χ0) is 20.8. The molecule has 152 valence electrons. The summed E-state index contributed by atoms with van der Waals surface area (Å²) in [5, 5.41) is 5.42. The summed E-state index contributed by atoms with van der Waals surface area (Å²) in [7, 11) is -3.78. The largest absolute Gasteiger partial charge is 0.335 e. The molecule has 0 bridgehead atoms. The van der Waals surface area contributed by atoms with Gasteiger partial charge in [-0.15, -0.1) is 0 Å². The Bertz CT molecular complexity index is 827. The Balaban J connectivity index is 2.26. The zero-order valence-corrected chi connectivity index (χ0v) is 18.7. The second kappa shape index (κ2) is 10.1. The van der Waals surface area contributed by atoms with Gasteiger partial charge < -0.3 is 9.84 Å². The third-order valence-electron chi connectivity index (χ3n) is 3.90. The molecule has 28 heavy (non-hydrogen) atoms. The Kier molecular flexibility index (Phi) is 8.38. The van der Waals surface area contributed by atoms with Crippen molar-refractivity contribution >= 4 is 48.2 Å². The summed E-state index contributed by atoms with van der Waals surface area (Å²) in [5.41, 5.74) is 2.23. The zero-order valence-electron chi connectivity index (χ0n) is 15.5. The first-order valence-electron chi connectivity index (χ1n) is 8.63. The van der Waals surface area contributed by atoms with Gasteiger partial charge in [-0.2, -0.15) is 0 Å². The molecule has 0 aromatic heterocycles. The molecule has 5 nitrogen and oxygen atoms in total. The summed E-state index contributed by atoms with van der Waals surface area (Å²) in [6.45, 7) is 3.91. The van der Waals surface area contributed by atoms with Crippen LogP contribution in [0.25, 0.3) is 0 Å². The third kappa shape index (κ3) is 6.48. The van der Waals surface area contributed by atoms with Crippen molar-refractivity contribution in [3.63, 3.8) is 0 Å². The van der Waals surface area contributed by atoms with Crippen LogP contribution in [-0.4, -0.2) is 22.1 Å². The predicted octanol–water partition coefficient (Wildman–Crippen LogP) is 5.44. The molecule has 0 aliphatic rings. The highest BCUT2D eigenvalue weighted by atomic mass is 35.6. The smallest absolute Gasteiger partial charge is 0.296 e. The highest BCUT2D eigenvalue weighted by molar-refractivity contribution is 7.58. The number of rotatable bonds is 8. The van der Waals surface area contributed by atoms with Gasteiger partial charge >= 0.3 is 0 Å². The van der Waals surface area contributed by atoms with Crippen molar-refractivity contribution in [2.24, 2.45) is 0 Å². The van der Waals surface area contributed by atoms with E-state index in [-0.39, 0.29) is 13.2 Å². The molecular formula is C19H22Cl3N2O3P. The van der Waals surface area contributed by atoms with Gasteiger partial charge in [0.25, 0.3) is 13.4 Å². The van der Waals surface area contributed by atoms with E-state index in [4.69, 9.17) is 39.3 Å². The van der Waals surface area contributed by atoms with Crippen molar-refractivity contribution in [3.05, 3.63) is 71.3 Å². The van der Waals surface area contributed by atoms with Gasteiger partial charge in [-0.3, -0.25) is 9.36 Å². The standard InChI is InChI=1S/C19H22Cl3N2O3P/c1-3-27-28(26,23-13-15-7-5-4-6-8-15)18(19(20,21)22)24-17(25)16-11-9-14(2)10-12-16/h4-12,18H,3,13H2,1-2H3,(H,23,26)(H,24,25)/t18-,28+/m0/s1. The molecule has 2 aromatic carbocycles. The molecule has 0 saturated carbocycles. The number of carbonyl (C=O) groups is 1. The highest BCUT2D eigenvalue weighted by Gasteiger charge is 2.48. The first kappa shape index (κ1) is 23.2. The SMILES string of the molecule is CCO[P@@](=O)(NCc1ccccc1)[C@H](NC(=O)c1ccc(C)cc1)C(Cl)(Cl)Cl. The normalized spacial score (nSPS) is 14.9. The minimum absolute atomic E-state index is 0.108. The van der Waals surface area contributed by atoms with Crippen molar-refractivity contribution < 1.29 is 13.9 Å². The lowest BCUT2D eigenvalue weighted by Crippen LogP contribution is -2.46. The van der Waals surface area contributed by atoms with E-state index in [9.17, 15) is 9.36 Å². The molecule has 0 unspecified atom stereocenters. The fraction of sp³-hybridized carbons (Fsp3) is 0.316. The summed E-state index contributed by atoms with van der Waals surface area (Å²) in [4.78, 5) is 12.6. The van der Waals surface area contributed by atoms with Gasteiger partial charge in [0.15, 0.2) is 5.78 Å². The maximum atomic E-state index is 13.6. The van der Waals surface area contributed by atoms with Crippen molar-refractivity contribution in [2.75, 3.05) is 6.61 Å². The Morgan fingerprint density at radius 3 is 2.25 bits per heavy atom. The van der Waals surface area contributed by atoms with E-state index in [2.05, 4.69) is 10.4 Å². The van der Waals surface area contributed by atoms with Crippen LogP contribution in [0.15, 0.2) is 54.6 Å². The molecule has 0 saturated heterocycles. The van der Waals surface area contributed by atoms with Gasteiger partial charge in [0.1, 0.15) is 0 Å². The molecule has 2 atom stereocenters. The van der Waals surface area contributed by atoms with Gasteiger partial charge in [-0.25, -0.2) is 5.09 Å². The Hall–Kier alpha value is -1.07. The number of halogens is 3. The van der Waals surface area contributed by atoms with Crippen molar-refractivity contribution in [3.8, 4) is 0 Å². The van der Waals surface area contributed by atoms with Crippen LogP contribution in [0, 0.1) is 6.92 Å². The molecule has 2 N–H and O–H groups in total. The van der Waals surface area contributed by atoms with Gasteiger partial charge in [0.2, 0.25) is 3.79 Å². The Morgan fingerprint density at radius 1 is 1.11 bits per heavy atom. The quantitative estimate of drug-likeness (QED) is 0.404. The number of carbonyl (C=O) groups excluding carboxylic acids is 1. The summed E-state index contributed by atoms with van der Waals surface area (Å²) >= 11 is 18.2. The highest BCUT2D eigenvalue weighted by Crippen LogP contribution is 2.55. The van der Waals surface area contributed by atoms with Crippen LogP contribution in [0.1, 0.15) is 28.4 Å². The first-order valence-corrected chi connectivity index (χ1v) is 11.5. The average molecular weight is 464 g/mol. The molecule has 0 fully saturated rings. The van der Waals surface area contributed by atoms with E-state index in [1.165, 1.54) is 0 Å². The molecule has 9 heteroatoms. The van der Waals surface area contributed by atoms with Crippen LogP contribution < -0.4 is 10.4 Å². The van der Waals surface area contributed by atoms with Crippen molar-refractivity contribution in [1.29, 1.82) is 0 Å². The Morgan fingerprint density at radius 2 is 1.71 bits per heavy atom. The predicted molar refractivity (Wildman–Crippen MR) is 115 cm³/mol. The molecule has 1 amide bonds. The number of hydrogen-bond donors (Lipinski definition) is 2. The van der Waals surface area contributed by atoms with Crippen LogP contribution in [0.3, 0.4) is 0 Å². The Labute approximate surface area is 180 Å². The molecule has 2 aromatic rings. The molecule has 2 rings (SSSR count). The van der Waals surface area contributed by atoms with E-state index in [0.29, 0.717) is 5.56 Å². The van der Waals surface area contributed by atoms with E-state index < -0.39 is 23.0 Å². The number of nitrogens with one attached hydrogen (secondary N) is 2. The van der Waals surface area contributed by atoms with Crippen LogP contribution in [-0.2, 0) is 15.6 Å². The van der Waals surface area contributed by atoms with Gasteiger partial charge in [0, 0.05) is 12.1 Å². The minimum Gasteiger partial charge on any atom is -0.335 e. The van der Waals surface area contributed by atoms with Crippen LogP contribution in [0.5, 0.6) is 0 Å². The topological polar surface area (TPSA) is 67.4 Å². The maximum Gasteiger partial charge on any atom is 0.296 e. The third-order valence-corrected chi connectivity index (χ3v) is 7.45. The van der Waals surface area contributed by atoms with Gasteiger partial charge in [0.05, 0.1) is 6.61 Å². The van der Waals surface area contributed by atoms with E-state index in [0.717, 1.165) is 11.1 Å². The minimum atomic E-state index is -3.78. The monoisotopic (exact) mass is 462 g/mol. The number of alkyl halides is 3. The fourth-order valence-electron chi connectivity index (χ4n) is 2.47. The van der Waals surface area contributed by atoms with Crippen LogP contribution in [0.2, 0.25) is 0 Å². The number of benzene rings is 2. The molecule has 0 aliphatic carbocycles. The summed E-state index contributed by atoms with van der Waals surface area (Å²) in [5.74, 6) is -1.90. The second-order valence-electron chi connectivity index (χ2n) is 6.12. The average Bonchev–Trinajstić information content (AvgIpc) is 2.65. The number of aryl methyl sites for hydroxylation is 1. The molecule has 0 aliphatic heterocycles. The lowest BCUT2D eigenvalue weighted by molar-refractivity contribution is 0.0944. The van der Waals surface area contributed by atoms with E-state index in [1.54, 1.807) is 31.2 Å². The van der Waals surface area contributed by atoms with E-state index in [1.807, 2.05) is 37.3 Å². The van der Waals surface area contributed by atoms with Crippen molar-refractivity contribution in [2.45, 2.75) is 30.0 Å². The maximum absolute atomic E-state index is 13.6. The van der Waals surface area contributed by atoms with Gasteiger partial charge in [-0.05, 0) is 31.5 Å². The molecule has 0 heterocycles. The lowest BCUT2D eigenvalue weighted by atomic mass is 10.1. The van der Waals surface area contributed by atoms with E-state index >= 15 is 0 Å². The molecule has 0 spiro atoms. The summed E-state index contributed by atoms with van der Waals surface area (Å²) < 4.78 is 17.0. The first-order chi connectivity index (χ1) is 13.2. The van der Waals surface area contributed by atoms with Crippen LogP contribution in [0.4, 0.5) is 0 Å². The van der Waals surface area contributed by atoms with Crippen molar-refractivity contribution in [1.82, 2.24) is 10.4 Å². The lowest BCUT2D eigenvalue weighted by Gasteiger charge is -2.32. The fourth-order valence-corrected chi connectivity index (χ4v) is 5.67. The summed E-state index contributed by atoms with van der Waals surface area (Å²) in [6.07, 6.45) is 0. The summed E-state index contributed by atoms with van der Waals surface area (Å²) in [6, 6.07) is 16.2. The molecular weight excluding hydrogens is 442 g/mol. The van der Waals surface area contributed by atoms with Crippen LogP contribution >= 0.6 is 42.3 Å². The van der Waals surface area contributed by atoms with Gasteiger partial charge in [-0.1, -0.05) is 82.8 Å². The number of hydrogen-bond acceptors (Lipinski definition) is 3. The molecule has 0 radical (unpaired) electrons. The number of amides is 1.